The second kappa shape index (κ2) is 5.36. The Bertz CT molecular complexity index is 527. The SMILES string of the molecule is C=CCC(C(=O)O)c1ccc2c(c1)OC=CC=C2. The summed E-state index contributed by atoms with van der Waals surface area (Å²) in [5.41, 5.74) is 1.66. The first-order valence-electron chi connectivity index (χ1n) is 5.70. The monoisotopic (exact) mass is 242 g/mol. The molecule has 1 aromatic carbocycles. The van der Waals surface area contributed by atoms with E-state index in [2.05, 4.69) is 6.58 Å². The zero-order valence-electron chi connectivity index (χ0n) is 9.87. The van der Waals surface area contributed by atoms with Crippen LogP contribution in [0.5, 0.6) is 5.75 Å². The number of benzene rings is 1. The van der Waals surface area contributed by atoms with Crippen molar-refractivity contribution in [1.82, 2.24) is 0 Å². The molecule has 1 unspecified atom stereocenters. The Morgan fingerprint density at radius 1 is 1.44 bits per heavy atom. The minimum atomic E-state index is -0.852. The van der Waals surface area contributed by atoms with Crippen LogP contribution in [0.15, 0.2) is 49.3 Å². The zero-order valence-corrected chi connectivity index (χ0v) is 9.87. The Labute approximate surface area is 106 Å². The van der Waals surface area contributed by atoms with Gasteiger partial charge in [-0.1, -0.05) is 30.4 Å². The lowest BCUT2D eigenvalue weighted by Gasteiger charge is -2.13. The molecule has 0 aromatic heterocycles. The number of allylic oxidation sites excluding steroid dienone is 3. The molecule has 1 N–H and O–H groups in total. The van der Waals surface area contributed by atoms with E-state index in [1.165, 1.54) is 0 Å². The Balaban J connectivity index is 2.38. The van der Waals surface area contributed by atoms with Crippen molar-refractivity contribution >= 4 is 12.0 Å². The number of ether oxygens (including phenoxy) is 1. The summed E-state index contributed by atoms with van der Waals surface area (Å²) < 4.78 is 5.44. The number of hydrogen-bond donors (Lipinski definition) is 1. The number of rotatable bonds is 4. The van der Waals surface area contributed by atoms with Crippen molar-refractivity contribution in [3.63, 3.8) is 0 Å². The summed E-state index contributed by atoms with van der Waals surface area (Å²) in [5, 5.41) is 9.20. The molecule has 2 rings (SSSR count). The maximum atomic E-state index is 11.2. The van der Waals surface area contributed by atoms with Crippen molar-refractivity contribution in [1.29, 1.82) is 0 Å². The van der Waals surface area contributed by atoms with E-state index in [0.29, 0.717) is 12.2 Å². The number of carboxylic acid groups (broad SMARTS) is 1. The number of aliphatic carboxylic acids is 1. The van der Waals surface area contributed by atoms with Crippen molar-refractivity contribution in [2.75, 3.05) is 0 Å². The smallest absolute Gasteiger partial charge is 0.311 e. The fourth-order valence-corrected chi connectivity index (χ4v) is 1.87. The summed E-state index contributed by atoms with van der Waals surface area (Å²) in [4.78, 5) is 11.2. The van der Waals surface area contributed by atoms with Crippen LogP contribution in [0.3, 0.4) is 0 Å². The lowest BCUT2D eigenvalue weighted by molar-refractivity contribution is -0.138. The summed E-state index contributed by atoms with van der Waals surface area (Å²) >= 11 is 0. The van der Waals surface area contributed by atoms with Gasteiger partial charge in [-0.3, -0.25) is 4.79 Å². The highest BCUT2D eigenvalue weighted by Crippen LogP contribution is 2.29. The minimum Gasteiger partial charge on any atom is -0.481 e. The summed E-state index contributed by atoms with van der Waals surface area (Å²) in [7, 11) is 0. The van der Waals surface area contributed by atoms with E-state index in [9.17, 15) is 9.90 Å². The Morgan fingerprint density at radius 2 is 2.28 bits per heavy atom. The van der Waals surface area contributed by atoms with Crippen LogP contribution in [0.2, 0.25) is 0 Å². The first kappa shape index (κ1) is 12.2. The number of carboxylic acids is 1. The van der Waals surface area contributed by atoms with Gasteiger partial charge in [0.2, 0.25) is 0 Å². The normalized spacial score (nSPS) is 14.2. The predicted octanol–water partition coefficient (Wildman–Crippen LogP) is 3.35. The standard InChI is InChI=1S/C15H14O3/c1-2-5-13(15(16)17)12-8-7-11-6-3-4-9-18-14(11)10-12/h2-4,6-10,13H,1,5H2,(H,16,17). The topological polar surface area (TPSA) is 46.5 Å². The van der Waals surface area contributed by atoms with Crippen molar-refractivity contribution < 1.29 is 14.6 Å². The Morgan fingerprint density at radius 3 is 3.00 bits per heavy atom. The minimum absolute atomic E-state index is 0.403. The van der Waals surface area contributed by atoms with Crippen LogP contribution in [-0.2, 0) is 4.79 Å². The van der Waals surface area contributed by atoms with Gasteiger partial charge in [-0.05, 0) is 24.1 Å². The van der Waals surface area contributed by atoms with Crippen LogP contribution < -0.4 is 4.74 Å². The lowest BCUT2D eigenvalue weighted by atomic mass is 9.94. The highest BCUT2D eigenvalue weighted by Gasteiger charge is 2.19. The number of fused-ring (bicyclic) bond motifs is 1. The Kier molecular flexibility index (Phi) is 3.63. The molecular weight excluding hydrogens is 228 g/mol. The molecule has 1 atom stereocenters. The zero-order chi connectivity index (χ0) is 13.0. The summed E-state index contributed by atoms with van der Waals surface area (Å²) in [6.07, 6.45) is 9.19. The fraction of sp³-hybridized carbons (Fsp3) is 0.133. The van der Waals surface area contributed by atoms with Gasteiger partial charge in [-0.25, -0.2) is 0 Å². The van der Waals surface area contributed by atoms with Gasteiger partial charge >= 0.3 is 5.97 Å². The van der Waals surface area contributed by atoms with Gasteiger partial charge in [0.15, 0.2) is 0 Å². The second-order valence-corrected chi connectivity index (χ2v) is 4.02. The molecule has 0 saturated heterocycles. The molecule has 0 bridgehead atoms. The average Bonchev–Trinajstić information content (AvgIpc) is 2.59. The van der Waals surface area contributed by atoms with Crippen molar-refractivity contribution in [2.45, 2.75) is 12.3 Å². The van der Waals surface area contributed by atoms with Gasteiger partial charge in [-0.2, -0.15) is 0 Å². The van der Waals surface area contributed by atoms with Crippen LogP contribution >= 0.6 is 0 Å². The van der Waals surface area contributed by atoms with E-state index in [0.717, 1.165) is 11.1 Å². The third-order valence-electron chi connectivity index (χ3n) is 2.80. The third-order valence-corrected chi connectivity index (χ3v) is 2.80. The molecule has 0 amide bonds. The van der Waals surface area contributed by atoms with E-state index in [-0.39, 0.29) is 0 Å². The molecule has 0 saturated carbocycles. The highest BCUT2D eigenvalue weighted by molar-refractivity contribution is 5.77. The van der Waals surface area contributed by atoms with Crippen LogP contribution in [-0.4, -0.2) is 11.1 Å². The predicted molar refractivity (Wildman–Crippen MR) is 70.4 cm³/mol. The maximum Gasteiger partial charge on any atom is 0.311 e. The molecule has 1 aliphatic heterocycles. The maximum absolute atomic E-state index is 11.2. The third kappa shape index (κ3) is 2.51. The molecule has 0 spiro atoms. The molecular formula is C15H14O3. The van der Waals surface area contributed by atoms with Gasteiger partial charge in [0.1, 0.15) is 5.75 Å². The molecule has 3 nitrogen and oxygen atoms in total. The molecule has 0 aliphatic carbocycles. The molecule has 3 heteroatoms. The van der Waals surface area contributed by atoms with Gasteiger partial charge in [0.25, 0.3) is 0 Å². The molecule has 0 fully saturated rings. The summed E-state index contributed by atoms with van der Waals surface area (Å²) in [6.45, 7) is 3.59. The number of hydrogen-bond acceptors (Lipinski definition) is 2. The fourth-order valence-electron chi connectivity index (χ4n) is 1.87. The van der Waals surface area contributed by atoms with Gasteiger partial charge in [0, 0.05) is 5.56 Å². The van der Waals surface area contributed by atoms with Crippen molar-refractivity contribution in [3.05, 3.63) is 60.4 Å². The first-order chi connectivity index (χ1) is 8.72. The molecule has 92 valence electrons. The molecule has 1 aliphatic rings. The van der Waals surface area contributed by atoms with Gasteiger partial charge in [-0.15, -0.1) is 6.58 Å². The van der Waals surface area contributed by atoms with Crippen molar-refractivity contribution in [3.8, 4) is 5.75 Å². The molecule has 1 heterocycles. The van der Waals surface area contributed by atoms with Crippen LogP contribution in [0, 0.1) is 0 Å². The van der Waals surface area contributed by atoms with Gasteiger partial charge in [0.05, 0.1) is 12.2 Å². The summed E-state index contributed by atoms with van der Waals surface area (Å²) in [5.74, 6) is -0.755. The van der Waals surface area contributed by atoms with Gasteiger partial charge < -0.3 is 9.84 Å². The average molecular weight is 242 g/mol. The second-order valence-electron chi connectivity index (χ2n) is 4.02. The highest BCUT2D eigenvalue weighted by atomic mass is 16.5. The number of carbonyl (C=O) groups is 1. The van der Waals surface area contributed by atoms with Crippen LogP contribution in [0.1, 0.15) is 23.5 Å². The molecule has 0 radical (unpaired) electrons. The van der Waals surface area contributed by atoms with E-state index < -0.39 is 11.9 Å². The van der Waals surface area contributed by atoms with E-state index in [1.54, 1.807) is 24.5 Å². The summed E-state index contributed by atoms with van der Waals surface area (Å²) in [6, 6.07) is 5.46. The quantitative estimate of drug-likeness (QED) is 0.823. The first-order valence-corrected chi connectivity index (χ1v) is 5.70. The van der Waals surface area contributed by atoms with E-state index >= 15 is 0 Å². The van der Waals surface area contributed by atoms with Crippen molar-refractivity contribution in [2.24, 2.45) is 0 Å². The van der Waals surface area contributed by atoms with Crippen LogP contribution in [0.4, 0.5) is 0 Å². The molecule has 18 heavy (non-hydrogen) atoms. The largest absolute Gasteiger partial charge is 0.481 e. The lowest BCUT2D eigenvalue weighted by Crippen LogP contribution is -2.10. The van der Waals surface area contributed by atoms with E-state index in [4.69, 9.17) is 4.74 Å². The van der Waals surface area contributed by atoms with E-state index in [1.807, 2.05) is 24.3 Å². The Hall–Kier alpha value is -2.29. The van der Waals surface area contributed by atoms with Crippen LogP contribution in [0.25, 0.3) is 6.08 Å². The molecule has 1 aromatic rings.